The summed E-state index contributed by atoms with van der Waals surface area (Å²) in [5, 5.41) is 1.87. The minimum atomic E-state index is -0.343. The molecule has 0 saturated heterocycles. The number of carbonyl (C=O) groups is 1. The maximum absolute atomic E-state index is 10.9. The van der Waals surface area contributed by atoms with Gasteiger partial charge in [0, 0.05) is 11.6 Å². The van der Waals surface area contributed by atoms with Crippen LogP contribution in [0.15, 0.2) is 17.5 Å². The number of ether oxygens (including phenoxy) is 1. The molecule has 1 rings (SSSR count). The standard InChI is InChI=1S/C9H9ClO2S/c1-2-12-8(11)4-3-7-5-6-13-9(7)10/h3-6H,2H2,1H3. The van der Waals surface area contributed by atoms with Gasteiger partial charge in [-0.15, -0.1) is 11.3 Å². The average Bonchev–Trinajstić information content (AvgIpc) is 2.48. The first kappa shape index (κ1) is 10.3. The van der Waals surface area contributed by atoms with Gasteiger partial charge < -0.3 is 4.74 Å². The van der Waals surface area contributed by atoms with Gasteiger partial charge in [0.2, 0.25) is 0 Å². The Morgan fingerprint density at radius 2 is 2.54 bits per heavy atom. The number of hydrogen-bond donors (Lipinski definition) is 0. The average molecular weight is 217 g/mol. The van der Waals surface area contributed by atoms with E-state index >= 15 is 0 Å². The van der Waals surface area contributed by atoms with Crippen molar-refractivity contribution < 1.29 is 9.53 Å². The number of rotatable bonds is 3. The summed E-state index contributed by atoms with van der Waals surface area (Å²) in [6.45, 7) is 2.16. The predicted molar refractivity (Wildman–Crippen MR) is 55.0 cm³/mol. The molecule has 1 aromatic rings. The summed E-state index contributed by atoms with van der Waals surface area (Å²) < 4.78 is 5.40. The first-order chi connectivity index (χ1) is 6.24. The second-order valence-electron chi connectivity index (χ2n) is 2.24. The fraction of sp³-hybridized carbons (Fsp3) is 0.222. The molecule has 0 aromatic carbocycles. The quantitative estimate of drug-likeness (QED) is 0.574. The van der Waals surface area contributed by atoms with Gasteiger partial charge in [0.25, 0.3) is 0 Å². The van der Waals surface area contributed by atoms with Crippen LogP contribution in [0.4, 0.5) is 0 Å². The zero-order chi connectivity index (χ0) is 9.68. The first-order valence-electron chi connectivity index (χ1n) is 3.82. The molecular formula is C9H9ClO2S. The van der Waals surface area contributed by atoms with Gasteiger partial charge >= 0.3 is 5.97 Å². The van der Waals surface area contributed by atoms with Crippen LogP contribution in [0.3, 0.4) is 0 Å². The molecule has 1 aromatic heterocycles. The van der Waals surface area contributed by atoms with Crippen LogP contribution in [0.25, 0.3) is 6.08 Å². The second-order valence-corrected chi connectivity index (χ2v) is 3.75. The van der Waals surface area contributed by atoms with Crippen molar-refractivity contribution >= 4 is 35.0 Å². The summed E-state index contributed by atoms with van der Waals surface area (Å²) in [6.07, 6.45) is 3.02. The normalized spacial score (nSPS) is 10.6. The number of thiophene rings is 1. The summed E-state index contributed by atoms with van der Waals surface area (Å²) >= 11 is 7.25. The molecule has 0 atom stereocenters. The molecule has 0 spiro atoms. The molecule has 1 heterocycles. The predicted octanol–water partition coefficient (Wildman–Crippen LogP) is 2.98. The first-order valence-corrected chi connectivity index (χ1v) is 5.07. The minimum Gasteiger partial charge on any atom is -0.463 e. The zero-order valence-corrected chi connectivity index (χ0v) is 8.69. The largest absolute Gasteiger partial charge is 0.463 e. The lowest BCUT2D eigenvalue weighted by Crippen LogP contribution is -1.98. The lowest BCUT2D eigenvalue weighted by atomic mass is 10.3. The molecule has 0 aliphatic carbocycles. The Balaban J connectivity index is 2.58. The van der Waals surface area contributed by atoms with Gasteiger partial charge in [-0.25, -0.2) is 4.79 Å². The smallest absolute Gasteiger partial charge is 0.330 e. The van der Waals surface area contributed by atoms with E-state index in [0.29, 0.717) is 10.9 Å². The molecule has 0 bridgehead atoms. The minimum absolute atomic E-state index is 0.343. The van der Waals surface area contributed by atoms with Gasteiger partial charge in [0.15, 0.2) is 0 Å². The van der Waals surface area contributed by atoms with Gasteiger partial charge in [-0.05, 0) is 24.4 Å². The fourth-order valence-electron chi connectivity index (χ4n) is 0.770. The molecular weight excluding hydrogens is 208 g/mol. The molecule has 0 radical (unpaired) electrons. The van der Waals surface area contributed by atoms with E-state index in [1.807, 2.05) is 11.4 Å². The van der Waals surface area contributed by atoms with Gasteiger partial charge in [0.1, 0.15) is 4.34 Å². The summed E-state index contributed by atoms with van der Waals surface area (Å²) in [6, 6.07) is 1.85. The van der Waals surface area contributed by atoms with Gasteiger partial charge in [-0.1, -0.05) is 11.6 Å². The Kier molecular flexibility index (Phi) is 3.99. The molecule has 4 heteroatoms. The van der Waals surface area contributed by atoms with Crippen molar-refractivity contribution in [3.05, 3.63) is 27.4 Å². The second kappa shape index (κ2) is 5.04. The number of hydrogen-bond acceptors (Lipinski definition) is 3. The number of halogens is 1. The highest BCUT2D eigenvalue weighted by atomic mass is 35.5. The molecule has 13 heavy (non-hydrogen) atoms. The highest BCUT2D eigenvalue weighted by Crippen LogP contribution is 2.23. The fourth-order valence-corrected chi connectivity index (χ4v) is 1.66. The molecule has 0 aliphatic heterocycles. The third-order valence-corrected chi connectivity index (χ3v) is 2.53. The molecule has 0 amide bonds. The van der Waals surface area contributed by atoms with Crippen molar-refractivity contribution in [2.45, 2.75) is 6.92 Å². The van der Waals surface area contributed by atoms with E-state index in [-0.39, 0.29) is 5.97 Å². The Hall–Kier alpha value is -0.800. The van der Waals surface area contributed by atoms with Crippen LogP contribution in [0.5, 0.6) is 0 Å². The summed E-state index contributed by atoms with van der Waals surface area (Å²) in [7, 11) is 0. The van der Waals surface area contributed by atoms with Gasteiger partial charge in [-0.3, -0.25) is 0 Å². The Morgan fingerprint density at radius 1 is 1.77 bits per heavy atom. The third-order valence-electron chi connectivity index (χ3n) is 1.33. The van der Waals surface area contributed by atoms with Crippen molar-refractivity contribution in [2.24, 2.45) is 0 Å². The van der Waals surface area contributed by atoms with E-state index in [0.717, 1.165) is 5.56 Å². The molecule has 70 valence electrons. The molecule has 0 N–H and O–H groups in total. The summed E-state index contributed by atoms with van der Waals surface area (Å²) in [4.78, 5) is 10.9. The van der Waals surface area contributed by atoms with Crippen LogP contribution in [-0.4, -0.2) is 12.6 Å². The number of carbonyl (C=O) groups excluding carboxylic acids is 1. The van der Waals surface area contributed by atoms with E-state index < -0.39 is 0 Å². The van der Waals surface area contributed by atoms with Gasteiger partial charge in [-0.2, -0.15) is 0 Å². The van der Waals surface area contributed by atoms with Crippen LogP contribution in [0.2, 0.25) is 4.34 Å². The lowest BCUT2D eigenvalue weighted by molar-refractivity contribution is -0.137. The highest BCUT2D eigenvalue weighted by Gasteiger charge is 1.98. The highest BCUT2D eigenvalue weighted by molar-refractivity contribution is 7.14. The number of esters is 1. The summed E-state index contributed by atoms with van der Waals surface area (Å²) in [5.41, 5.74) is 0.847. The Morgan fingerprint density at radius 3 is 3.08 bits per heavy atom. The van der Waals surface area contributed by atoms with Crippen LogP contribution < -0.4 is 0 Å². The van der Waals surface area contributed by atoms with Crippen molar-refractivity contribution in [1.29, 1.82) is 0 Å². The SMILES string of the molecule is CCOC(=O)C=Cc1ccsc1Cl. The van der Waals surface area contributed by atoms with Crippen LogP contribution in [0.1, 0.15) is 12.5 Å². The van der Waals surface area contributed by atoms with E-state index in [9.17, 15) is 4.79 Å². The maximum Gasteiger partial charge on any atom is 0.330 e. The van der Waals surface area contributed by atoms with Gasteiger partial charge in [0.05, 0.1) is 6.61 Å². The van der Waals surface area contributed by atoms with Crippen molar-refractivity contribution in [2.75, 3.05) is 6.61 Å². The zero-order valence-electron chi connectivity index (χ0n) is 7.12. The van der Waals surface area contributed by atoms with Crippen LogP contribution >= 0.6 is 22.9 Å². The lowest BCUT2D eigenvalue weighted by Gasteiger charge is -1.93. The maximum atomic E-state index is 10.9. The molecule has 0 saturated carbocycles. The van der Waals surface area contributed by atoms with Crippen molar-refractivity contribution in [3.8, 4) is 0 Å². The molecule has 0 fully saturated rings. The Bertz CT molecular complexity index is 317. The third kappa shape index (κ3) is 3.20. The topological polar surface area (TPSA) is 26.3 Å². The van der Waals surface area contributed by atoms with Crippen molar-refractivity contribution in [1.82, 2.24) is 0 Å². The van der Waals surface area contributed by atoms with Crippen LogP contribution in [-0.2, 0) is 9.53 Å². The van der Waals surface area contributed by atoms with E-state index in [4.69, 9.17) is 16.3 Å². The van der Waals surface area contributed by atoms with E-state index in [2.05, 4.69) is 0 Å². The van der Waals surface area contributed by atoms with Crippen LogP contribution in [0, 0.1) is 0 Å². The Labute approximate surface area is 85.8 Å². The molecule has 2 nitrogen and oxygen atoms in total. The van der Waals surface area contributed by atoms with E-state index in [1.165, 1.54) is 17.4 Å². The monoisotopic (exact) mass is 216 g/mol. The molecule has 0 unspecified atom stereocenters. The van der Waals surface area contributed by atoms with E-state index in [1.54, 1.807) is 13.0 Å². The summed E-state index contributed by atoms with van der Waals surface area (Å²) in [5.74, 6) is -0.343. The molecule has 0 aliphatic rings. The van der Waals surface area contributed by atoms with Crippen molar-refractivity contribution in [3.63, 3.8) is 0 Å².